The highest BCUT2D eigenvalue weighted by molar-refractivity contribution is 6.03. The minimum atomic E-state index is -0.380. The molecule has 1 aromatic carbocycles. The quantitative estimate of drug-likeness (QED) is 0.869. The standard InChI is InChI=1S/C12H11FN2O2/c1-7-5-9(3-4-10(7)13)11(16)15-12-14-8(2)6-17-12/h3-6H,1-2H3,(H,14,15,16). The Hall–Kier alpha value is -2.17. The number of nitrogens with one attached hydrogen (secondary N) is 1. The lowest BCUT2D eigenvalue weighted by atomic mass is 10.1. The van der Waals surface area contributed by atoms with Crippen molar-refractivity contribution in [2.45, 2.75) is 13.8 Å². The zero-order chi connectivity index (χ0) is 12.4. The normalized spacial score (nSPS) is 10.3. The molecule has 0 aliphatic rings. The van der Waals surface area contributed by atoms with E-state index in [1.165, 1.54) is 24.5 Å². The number of carbonyl (C=O) groups is 1. The fraction of sp³-hybridized carbons (Fsp3) is 0.167. The lowest BCUT2D eigenvalue weighted by Gasteiger charge is -2.02. The van der Waals surface area contributed by atoms with Gasteiger partial charge in [0, 0.05) is 5.56 Å². The van der Waals surface area contributed by atoms with Crippen LogP contribution in [-0.4, -0.2) is 10.9 Å². The Balaban J connectivity index is 2.17. The summed E-state index contributed by atoms with van der Waals surface area (Å²) in [6, 6.07) is 4.27. The summed E-state index contributed by atoms with van der Waals surface area (Å²) in [4.78, 5) is 15.7. The Bertz CT molecular complexity index is 563. The minimum absolute atomic E-state index is 0.134. The van der Waals surface area contributed by atoms with E-state index in [0.29, 0.717) is 16.8 Å². The third-order valence-electron chi connectivity index (χ3n) is 2.26. The van der Waals surface area contributed by atoms with Crippen molar-refractivity contribution >= 4 is 11.9 Å². The van der Waals surface area contributed by atoms with Crippen molar-refractivity contribution in [2.24, 2.45) is 0 Å². The van der Waals surface area contributed by atoms with Gasteiger partial charge in [0.05, 0.1) is 5.69 Å². The highest BCUT2D eigenvalue weighted by Crippen LogP contribution is 2.12. The predicted octanol–water partition coefficient (Wildman–Crippen LogP) is 2.68. The highest BCUT2D eigenvalue weighted by atomic mass is 19.1. The van der Waals surface area contributed by atoms with Gasteiger partial charge in [-0.2, -0.15) is 4.98 Å². The fourth-order valence-corrected chi connectivity index (χ4v) is 1.37. The average molecular weight is 234 g/mol. The van der Waals surface area contributed by atoms with Gasteiger partial charge >= 0.3 is 6.01 Å². The number of hydrogen-bond acceptors (Lipinski definition) is 3. The molecule has 17 heavy (non-hydrogen) atoms. The van der Waals surface area contributed by atoms with Crippen LogP contribution >= 0.6 is 0 Å². The second kappa shape index (κ2) is 4.37. The fourth-order valence-electron chi connectivity index (χ4n) is 1.37. The van der Waals surface area contributed by atoms with Gasteiger partial charge < -0.3 is 4.42 Å². The number of aryl methyl sites for hydroxylation is 2. The number of aromatic nitrogens is 1. The number of halogens is 1. The molecule has 0 unspecified atom stereocenters. The van der Waals surface area contributed by atoms with Crippen LogP contribution in [0.5, 0.6) is 0 Å². The van der Waals surface area contributed by atoms with Gasteiger partial charge in [-0.1, -0.05) is 0 Å². The molecule has 1 heterocycles. The summed E-state index contributed by atoms with van der Waals surface area (Å²) >= 11 is 0. The Morgan fingerprint density at radius 1 is 1.41 bits per heavy atom. The van der Waals surface area contributed by atoms with Crippen molar-refractivity contribution in [3.8, 4) is 0 Å². The molecule has 0 fully saturated rings. The molecule has 0 spiro atoms. The molecule has 1 N–H and O–H groups in total. The molecule has 1 aromatic heterocycles. The predicted molar refractivity (Wildman–Crippen MR) is 60.3 cm³/mol. The molecule has 2 aromatic rings. The number of amides is 1. The first-order valence-corrected chi connectivity index (χ1v) is 5.06. The van der Waals surface area contributed by atoms with Gasteiger partial charge in [0.2, 0.25) is 0 Å². The summed E-state index contributed by atoms with van der Waals surface area (Å²) in [5, 5.41) is 2.49. The molecule has 0 atom stereocenters. The summed E-state index contributed by atoms with van der Waals surface area (Å²) in [5.41, 5.74) is 1.46. The van der Waals surface area contributed by atoms with E-state index < -0.39 is 0 Å². The van der Waals surface area contributed by atoms with Crippen LogP contribution in [0.1, 0.15) is 21.6 Å². The van der Waals surface area contributed by atoms with E-state index in [0.717, 1.165) is 0 Å². The zero-order valence-electron chi connectivity index (χ0n) is 9.45. The molecule has 0 saturated heterocycles. The van der Waals surface area contributed by atoms with E-state index in [9.17, 15) is 9.18 Å². The molecule has 5 heteroatoms. The Labute approximate surface area is 97.5 Å². The van der Waals surface area contributed by atoms with Gasteiger partial charge in [-0.05, 0) is 37.6 Å². The summed E-state index contributed by atoms with van der Waals surface area (Å²) in [5.74, 6) is -0.719. The van der Waals surface area contributed by atoms with Crippen molar-refractivity contribution < 1.29 is 13.6 Å². The molecule has 0 saturated carbocycles. The lowest BCUT2D eigenvalue weighted by molar-refractivity contribution is 0.102. The van der Waals surface area contributed by atoms with E-state index in [-0.39, 0.29) is 17.7 Å². The molecule has 0 aliphatic heterocycles. The second-order valence-corrected chi connectivity index (χ2v) is 3.71. The SMILES string of the molecule is Cc1coc(NC(=O)c2ccc(F)c(C)c2)n1. The first-order valence-electron chi connectivity index (χ1n) is 5.06. The van der Waals surface area contributed by atoms with E-state index >= 15 is 0 Å². The van der Waals surface area contributed by atoms with Crippen LogP contribution in [0.25, 0.3) is 0 Å². The number of hydrogen-bond donors (Lipinski definition) is 1. The number of carbonyl (C=O) groups excluding carboxylic acids is 1. The van der Waals surface area contributed by atoms with Gasteiger partial charge in [0.25, 0.3) is 5.91 Å². The van der Waals surface area contributed by atoms with Gasteiger partial charge in [-0.15, -0.1) is 0 Å². The lowest BCUT2D eigenvalue weighted by Crippen LogP contribution is -2.12. The molecule has 0 aliphatic carbocycles. The van der Waals surface area contributed by atoms with Crippen LogP contribution in [-0.2, 0) is 0 Å². The molecule has 2 rings (SSSR count). The van der Waals surface area contributed by atoms with E-state index in [4.69, 9.17) is 4.42 Å². The average Bonchev–Trinajstić information content (AvgIpc) is 2.68. The summed E-state index contributed by atoms with van der Waals surface area (Å²) in [6.07, 6.45) is 1.44. The molecular formula is C12H11FN2O2. The summed E-state index contributed by atoms with van der Waals surface area (Å²) < 4.78 is 18.0. The molecule has 4 nitrogen and oxygen atoms in total. The van der Waals surface area contributed by atoms with Gasteiger partial charge in [0.15, 0.2) is 0 Å². The van der Waals surface area contributed by atoms with Crippen LogP contribution in [0.4, 0.5) is 10.4 Å². The topological polar surface area (TPSA) is 55.1 Å². The van der Waals surface area contributed by atoms with Crippen LogP contribution in [0.3, 0.4) is 0 Å². The van der Waals surface area contributed by atoms with Gasteiger partial charge in [-0.3, -0.25) is 10.1 Å². The van der Waals surface area contributed by atoms with Crippen LogP contribution < -0.4 is 5.32 Å². The number of oxazole rings is 1. The third kappa shape index (κ3) is 2.50. The summed E-state index contributed by atoms with van der Waals surface area (Å²) in [7, 11) is 0. The van der Waals surface area contributed by atoms with Crippen molar-refractivity contribution in [1.82, 2.24) is 4.98 Å². The number of benzene rings is 1. The van der Waals surface area contributed by atoms with Crippen LogP contribution in [0, 0.1) is 19.7 Å². The Morgan fingerprint density at radius 2 is 2.18 bits per heavy atom. The molecular weight excluding hydrogens is 223 g/mol. The van der Waals surface area contributed by atoms with Crippen molar-refractivity contribution in [2.75, 3.05) is 5.32 Å². The number of rotatable bonds is 2. The van der Waals surface area contributed by atoms with Gasteiger partial charge in [-0.25, -0.2) is 4.39 Å². The largest absolute Gasteiger partial charge is 0.432 e. The second-order valence-electron chi connectivity index (χ2n) is 3.71. The zero-order valence-corrected chi connectivity index (χ0v) is 9.45. The van der Waals surface area contributed by atoms with E-state index in [1.807, 2.05) is 0 Å². The first-order chi connectivity index (χ1) is 8.06. The van der Waals surface area contributed by atoms with Crippen molar-refractivity contribution in [3.63, 3.8) is 0 Å². The number of anilines is 1. The third-order valence-corrected chi connectivity index (χ3v) is 2.26. The van der Waals surface area contributed by atoms with Crippen LogP contribution in [0.2, 0.25) is 0 Å². The molecule has 88 valence electrons. The monoisotopic (exact) mass is 234 g/mol. The molecule has 0 bridgehead atoms. The first kappa shape index (κ1) is 11.3. The molecule has 1 amide bonds. The summed E-state index contributed by atoms with van der Waals surface area (Å²) in [6.45, 7) is 3.35. The van der Waals surface area contributed by atoms with Crippen molar-refractivity contribution in [3.05, 3.63) is 47.1 Å². The van der Waals surface area contributed by atoms with Crippen LogP contribution in [0.15, 0.2) is 28.9 Å². The highest BCUT2D eigenvalue weighted by Gasteiger charge is 2.10. The maximum Gasteiger partial charge on any atom is 0.301 e. The van der Waals surface area contributed by atoms with E-state index in [1.54, 1.807) is 13.8 Å². The Morgan fingerprint density at radius 3 is 2.76 bits per heavy atom. The minimum Gasteiger partial charge on any atom is -0.432 e. The smallest absolute Gasteiger partial charge is 0.301 e. The Kier molecular flexibility index (Phi) is 2.91. The van der Waals surface area contributed by atoms with Gasteiger partial charge in [0.1, 0.15) is 12.1 Å². The maximum absolute atomic E-state index is 13.0. The van der Waals surface area contributed by atoms with E-state index in [2.05, 4.69) is 10.3 Å². The van der Waals surface area contributed by atoms with Crippen molar-refractivity contribution in [1.29, 1.82) is 0 Å². The maximum atomic E-state index is 13.0. The number of nitrogens with zero attached hydrogens (tertiary/aromatic N) is 1. The molecule has 0 radical (unpaired) electrons.